The van der Waals surface area contributed by atoms with Crippen molar-refractivity contribution in [1.29, 1.82) is 0 Å². The maximum absolute atomic E-state index is 12.3. The zero-order chi connectivity index (χ0) is 36.5. The number of nitrogens with one attached hydrogen (secondary N) is 2. The fourth-order valence-electron chi connectivity index (χ4n) is 6.13. The first-order chi connectivity index (χ1) is 23.0. The molecule has 2 amide bonds. The van der Waals surface area contributed by atoms with E-state index in [9.17, 15) is 60.7 Å². The molecule has 0 aromatic heterocycles. The molecule has 4 aliphatic rings. The van der Waals surface area contributed by atoms with Crippen LogP contribution in [0.25, 0.3) is 0 Å². The van der Waals surface area contributed by atoms with Crippen LogP contribution in [0.2, 0.25) is 0 Å². The average Bonchev–Trinajstić information content (AvgIpc) is 3.04. The molecule has 284 valence electrons. The summed E-state index contributed by atoms with van der Waals surface area (Å²) in [4.78, 5) is 24.4. The first-order valence-corrected chi connectivity index (χ1v) is 15.8. The Morgan fingerprint density at radius 1 is 0.571 bits per heavy atom. The minimum absolute atomic E-state index is 0.649. The lowest BCUT2D eigenvalue weighted by Gasteiger charge is -2.50. The normalized spacial score (nSPS) is 49.3. The van der Waals surface area contributed by atoms with Gasteiger partial charge in [-0.25, -0.2) is 0 Å². The van der Waals surface area contributed by atoms with Gasteiger partial charge in [0.15, 0.2) is 25.2 Å². The Hall–Kier alpha value is -1.74. The van der Waals surface area contributed by atoms with E-state index in [1.165, 1.54) is 13.8 Å². The third kappa shape index (κ3) is 8.84. The van der Waals surface area contributed by atoms with E-state index >= 15 is 0 Å². The van der Waals surface area contributed by atoms with Crippen LogP contribution in [0.5, 0.6) is 0 Å². The average molecular weight is 717 g/mol. The lowest BCUT2D eigenvalue weighted by Crippen LogP contribution is -2.70. The van der Waals surface area contributed by atoms with Crippen LogP contribution in [0.15, 0.2) is 0 Å². The van der Waals surface area contributed by atoms with Crippen LogP contribution in [0.3, 0.4) is 0 Å². The topological polar surface area (TPSA) is 325 Å². The maximum Gasteiger partial charge on any atom is 0.217 e. The number of ether oxygens (including phenoxy) is 7. The van der Waals surface area contributed by atoms with Gasteiger partial charge in [-0.1, -0.05) is 0 Å². The van der Waals surface area contributed by atoms with Crippen molar-refractivity contribution < 1.29 is 93.8 Å². The summed E-state index contributed by atoms with van der Waals surface area (Å²) in [7, 11) is 0. The molecule has 21 nitrogen and oxygen atoms in total. The van der Waals surface area contributed by atoms with E-state index in [-0.39, 0.29) is 0 Å². The van der Waals surface area contributed by atoms with Crippen molar-refractivity contribution in [3.05, 3.63) is 0 Å². The van der Waals surface area contributed by atoms with Gasteiger partial charge in [-0.2, -0.15) is 0 Å². The molecule has 0 radical (unpaired) electrons. The molecule has 0 spiro atoms. The highest BCUT2D eigenvalue weighted by molar-refractivity contribution is 5.73. The minimum Gasteiger partial charge on any atom is -0.394 e. The van der Waals surface area contributed by atoms with Gasteiger partial charge in [0.2, 0.25) is 11.8 Å². The number of rotatable bonds is 10. The summed E-state index contributed by atoms with van der Waals surface area (Å²) in [5.74, 6) is -1.39. The fourth-order valence-corrected chi connectivity index (χ4v) is 6.13. The minimum atomic E-state index is -1.91. The van der Waals surface area contributed by atoms with Gasteiger partial charge in [0.25, 0.3) is 0 Å². The highest BCUT2D eigenvalue weighted by Crippen LogP contribution is 2.34. The maximum atomic E-state index is 12.3. The fraction of sp³-hybridized carbons (Fsp3) is 0.929. The monoisotopic (exact) mass is 716 g/mol. The predicted molar refractivity (Wildman–Crippen MR) is 154 cm³/mol. The summed E-state index contributed by atoms with van der Waals surface area (Å²) < 4.78 is 40.5. The number of carbonyl (C=O) groups excluding carboxylic acids is 2. The number of aliphatic hydroxyl groups excluding tert-OH is 10. The lowest BCUT2D eigenvalue weighted by molar-refractivity contribution is -0.368. The molecule has 4 aliphatic heterocycles. The van der Waals surface area contributed by atoms with Crippen molar-refractivity contribution in [1.82, 2.24) is 10.6 Å². The third-order valence-electron chi connectivity index (χ3n) is 8.91. The molecule has 0 bridgehead atoms. The second-order valence-electron chi connectivity index (χ2n) is 12.6. The van der Waals surface area contributed by atoms with Crippen molar-refractivity contribution in [2.24, 2.45) is 0 Å². The Kier molecular flexibility index (Phi) is 13.7. The molecular weight excluding hydrogens is 668 g/mol. The van der Waals surface area contributed by atoms with Gasteiger partial charge in [-0.05, 0) is 13.8 Å². The Morgan fingerprint density at radius 3 is 1.63 bits per heavy atom. The summed E-state index contributed by atoms with van der Waals surface area (Å²) in [5, 5.41) is 109. The van der Waals surface area contributed by atoms with Crippen molar-refractivity contribution in [3.63, 3.8) is 0 Å². The molecule has 21 heteroatoms. The van der Waals surface area contributed by atoms with Crippen LogP contribution in [0.4, 0.5) is 0 Å². The molecule has 0 aromatic carbocycles. The molecule has 0 saturated carbocycles. The summed E-state index contributed by atoms with van der Waals surface area (Å²) in [5.41, 5.74) is 0. The Balaban J connectivity index is 1.72. The van der Waals surface area contributed by atoms with E-state index in [0.29, 0.717) is 0 Å². The van der Waals surface area contributed by atoms with E-state index in [1.807, 2.05) is 0 Å². The number of hydrogen-bond donors (Lipinski definition) is 12. The van der Waals surface area contributed by atoms with Crippen LogP contribution in [-0.2, 0) is 42.7 Å². The Bertz CT molecular complexity index is 1110. The molecule has 49 heavy (non-hydrogen) atoms. The number of aliphatic hydroxyl groups is 10. The van der Waals surface area contributed by atoms with Gasteiger partial charge in [0, 0.05) is 13.8 Å². The summed E-state index contributed by atoms with van der Waals surface area (Å²) >= 11 is 0. The van der Waals surface area contributed by atoms with Crippen molar-refractivity contribution in [3.8, 4) is 0 Å². The van der Waals surface area contributed by atoms with Gasteiger partial charge >= 0.3 is 0 Å². The van der Waals surface area contributed by atoms with Crippen LogP contribution in [0, 0.1) is 0 Å². The van der Waals surface area contributed by atoms with E-state index < -0.39 is 148 Å². The quantitative estimate of drug-likeness (QED) is 0.0999. The first-order valence-electron chi connectivity index (χ1n) is 15.8. The molecule has 12 N–H and O–H groups in total. The second kappa shape index (κ2) is 16.7. The molecule has 4 fully saturated rings. The summed E-state index contributed by atoms with van der Waals surface area (Å²) in [6, 6.07) is -3.03. The van der Waals surface area contributed by atoms with E-state index in [2.05, 4.69) is 10.6 Å². The Morgan fingerprint density at radius 2 is 1.08 bits per heavy atom. The van der Waals surface area contributed by atoms with Gasteiger partial charge in [-0.3, -0.25) is 9.59 Å². The highest BCUT2D eigenvalue weighted by atomic mass is 16.8. The molecule has 4 rings (SSSR count). The van der Waals surface area contributed by atoms with Gasteiger partial charge in [0.05, 0.1) is 25.4 Å². The van der Waals surface area contributed by atoms with E-state index in [4.69, 9.17) is 33.2 Å². The van der Waals surface area contributed by atoms with Crippen LogP contribution < -0.4 is 10.6 Å². The van der Waals surface area contributed by atoms with Gasteiger partial charge in [-0.15, -0.1) is 0 Å². The SMILES string of the molecule is CC(=O)N[C@@H]1[C@@H](O[C@H]2O[C@@H](C)[C@@H](O)[C@@H](O)[C@@H]2O)[C@H](O[C@@H]2O[C@H](CO)[C@@H](O)[C@H](O)[C@H]2NC(C)=O)[C@@H](CO[C@@H]2O[C@@H](C)[C@@H](O)[C@@H](O)[C@@H]2O)O[C@H]1O. The zero-order valence-electron chi connectivity index (χ0n) is 27.1. The number of hydrogen-bond acceptors (Lipinski definition) is 19. The van der Waals surface area contributed by atoms with Crippen LogP contribution in [-0.4, -0.2) is 199 Å². The molecule has 4 saturated heterocycles. The van der Waals surface area contributed by atoms with Crippen molar-refractivity contribution in [2.75, 3.05) is 13.2 Å². The zero-order valence-corrected chi connectivity index (χ0v) is 27.1. The van der Waals surface area contributed by atoms with Gasteiger partial charge in [0.1, 0.15) is 85.3 Å². The molecular formula is C28H48N2O19. The number of carbonyl (C=O) groups is 2. The number of amides is 2. The highest BCUT2D eigenvalue weighted by Gasteiger charge is 2.55. The smallest absolute Gasteiger partial charge is 0.217 e. The Labute approximate surface area is 280 Å². The lowest BCUT2D eigenvalue weighted by atomic mass is 9.93. The van der Waals surface area contributed by atoms with Gasteiger partial charge < -0.3 is 94.9 Å². The third-order valence-corrected chi connectivity index (χ3v) is 8.91. The second-order valence-corrected chi connectivity index (χ2v) is 12.6. The molecule has 0 aromatic rings. The molecule has 0 aliphatic carbocycles. The van der Waals surface area contributed by atoms with E-state index in [1.54, 1.807) is 0 Å². The first kappa shape index (κ1) is 40.0. The van der Waals surface area contributed by atoms with Crippen LogP contribution in [0.1, 0.15) is 27.7 Å². The van der Waals surface area contributed by atoms with Crippen molar-refractivity contribution in [2.45, 2.75) is 150 Å². The van der Waals surface area contributed by atoms with E-state index in [0.717, 1.165) is 13.8 Å². The summed E-state index contributed by atoms with van der Waals surface area (Å²) in [6.45, 7) is 3.54. The predicted octanol–water partition coefficient (Wildman–Crippen LogP) is -7.41. The molecule has 0 unspecified atom stereocenters. The largest absolute Gasteiger partial charge is 0.394 e. The molecule has 4 heterocycles. The van der Waals surface area contributed by atoms with Crippen molar-refractivity contribution >= 4 is 11.8 Å². The molecule has 20 atom stereocenters. The van der Waals surface area contributed by atoms with Crippen LogP contribution >= 0.6 is 0 Å². The standard InChI is InChI=1S/C28H48N2O19/c1-7-15(34)19(38)21(40)27(44-7)43-6-12-23(48-26-13(29-9(3)32)18(37)17(36)11(5-31)47-26)24(14(25(42)46-12)30-10(4)33)49-28-22(41)20(39)16(35)8(2)45-28/h7-8,11-28,31,34-42H,5-6H2,1-4H3,(H,29,32)(H,30,33)/t7-,8-,11+,12+,13+,14+,15+,16+,17+,18+,19+,20+,21-,22-,23+,24+,25+,26-,27+,28+/m0/s1. The summed E-state index contributed by atoms with van der Waals surface area (Å²) in [6.07, 6.45) is -28.8.